The van der Waals surface area contributed by atoms with Crippen molar-refractivity contribution in [3.05, 3.63) is 28.0 Å². The Bertz CT molecular complexity index is 664. The quantitative estimate of drug-likeness (QED) is 0.814. The van der Waals surface area contributed by atoms with Gasteiger partial charge in [-0.3, -0.25) is 9.30 Å². The van der Waals surface area contributed by atoms with Crippen LogP contribution in [-0.2, 0) is 4.74 Å². The molecule has 0 unspecified atom stereocenters. The highest BCUT2D eigenvalue weighted by Crippen LogP contribution is 2.41. The van der Waals surface area contributed by atoms with Gasteiger partial charge < -0.3 is 4.74 Å². The molecule has 0 radical (unpaired) electrons. The summed E-state index contributed by atoms with van der Waals surface area (Å²) in [6.45, 7) is 3.83. The molecule has 0 N–H and O–H groups in total. The van der Waals surface area contributed by atoms with E-state index in [1.54, 1.807) is 6.20 Å². The SMILES string of the molecule is Clc1nccn2c(C3CC(N4CCOCC4)C3)nc(Br)c12. The molecule has 7 heteroatoms. The summed E-state index contributed by atoms with van der Waals surface area (Å²) in [4.78, 5) is 11.3. The molecule has 5 nitrogen and oxygen atoms in total. The molecule has 1 saturated carbocycles. The molecule has 0 bridgehead atoms. The van der Waals surface area contributed by atoms with E-state index in [1.807, 2.05) is 6.20 Å². The van der Waals surface area contributed by atoms with E-state index in [-0.39, 0.29) is 0 Å². The van der Waals surface area contributed by atoms with Gasteiger partial charge >= 0.3 is 0 Å². The topological polar surface area (TPSA) is 42.7 Å². The van der Waals surface area contributed by atoms with E-state index in [9.17, 15) is 0 Å². The van der Waals surface area contributed by atoms with Crippen molar-refractivity contribution < 1.29 is 4.74 Å². The van der Waals surface area contributed by atoms with E-state index < -0.39 is 0 Å². The Morgan fingerprint density at radius 3 is 2.81 bits per heavy atom. The van der Waals surface area contributed by atoms with Crippen LogP contribution < -0.4 is 0 Å². The summed E-state index contributed by atoms with van der Waals surface area (Å²) < 4.78 is 8.27. The third-order valence-corrected chi connectivity index (χ3v) is 5.36. The Morgan fingerprint density at radius 1 is 1.29 bits per heavy atom. The second-order valence-electron chi connectivity index (χ2n) is 5.67. The zero-order valence-corrected chi connectivity index (χ0v) is 13.8. The van der Waals surface area contributed by atoms with Crippen LogP contribution >= 0.6 is 27.5 Å². The Morgan fingerprint density at radius 2 is 2.05 bits per heavy atom. The van der Waals surface area contributed by atoms with Crippen molar-refractivity contribution in [1.29, 1.82) is 0 Å². The van der Waals surface area contributed by atoms with Crippen molar-refractivity contribution in [1.82, 2.24) is 19.3 Å². The summed E-state index contributed by atoms with van der Waals surface area (Å²) in [5.41, 5.74) is 0.865. The van der Waals surface area contributed by atoms with Crippen LogP contribution in [0.3, 0.4) is 0 Å². The van der Waals surface area contributed by atoms with Crippen LogP contribution in [0.4, 0.5) is 0 Å². The highest BCUT2D eigenvalue weighted by molar-refractivity contribution is 9.10. The number of ether oxygens (including phenoxy) is 1. The Kier molecular flexibility index (Phi) is 3.65. The molecule has 0 amide bonds. The summed E-state index contributed by atoms with van der Waals surface area (Å²) in [5, 5.41) is 0.493. The molecule has 2 aromatic heterocycles. The summed E-state index contributed by atoms with van der Waals surface area (Å²) >= 11 is 9.67. The lowest BCUT2D eigenvalue weighted by Gasteiger charge is -2.43. The molecule has 1 aliphatic carbocycles. The van der Waals surface area contributed by atoms with Crippen molar-refractivity contribution in [2.24, 2.45) is 0 Å². The molecular weight excluding hydrogens is 356 g/mol. The molecule has 2 aliphatic rings. The first-order valence-corrected chi connectivity index (χ1v) is 8.41. The third-order valence-electron chi connectivity index (χ3n) is 4.54. The first-order chi connectivity index (χ1) is 10.2. The molecule has 4 rings (SSSR count). The number of morpholine rings is 1. The van der Waals surface area contributed by atoms with Crippen LogP contribution in [-0.4, -0.2) is 51.6 Å². The van der Waals surface area contributed by atoms with Gasteiger partial charge in [-0.05, 0) is 28.8 Å². The fourth-order valence-electron chi connectivity index (χ4n) is 3.31. The lowest BCUT2D eigenvalue weighted by molar-refractivity contribution is -0.00779. The number of nitrogens with zero attached hydrogens (tertiary/aromatic N) is 4. The van der Waals surface area contributed by atoms with Gasteiger partial charge in [-0.1, -0.05) is 11.6 Å². The summed E-state index contributed by atoms with van der Waals surface area (Å²) in [6.07, 6.45) is 5.98. The average Bonchev–Trinajstić information content (AvgIpc) is 2.77. The summed E-state index contributed by atoms with van der Waals surface area (Å²) in [7, 11) is 0. The minimum atomic E-state index is 0.493. The van der Waals surface area contributed by atoms with Crippen LogP contribution in [0.5, 0.6) is 0 Å². The number of fused-ring (bicyclic) bond motifs is 1. The average molecular weight is 372 g/mol. The van der Waals surface area contributed by atoms with Gasteiger partial charge in [0.1, 0.15) is 15.9 Å². The van der Waals surface area contributed by atoms with E-state index in [0.717, 1.165) is 55.1 Å². The predicted octanol–water partition coefficient (Wildman–Crippen LogP) is 2.72. The number of hydrogen-bond acceptors (Lipinski definition) is 4. The lowest BCUT2D eigenvalue weighted by atomic mass is 9.78. The number of halogens is 2. The first-order valence-electron chi connectivity index (χ1n) is 7.24. The second-order valence-corrected chi connectivity index (χ2v) is 6.78. The van der Waals surface area contributed by atoms with E-state index in [1.165, 1.54) is 0 Å². The second kappa shape index (κ2) is 5.50. The van der Waals surface area contributed by atoms with Crippen LogP contribution in [0.1, 0.15) is 24.6 Å². The summed E-state index contributed by atoms with van der Waals surface area (Å²) in [6, 6.07) is 0.669. The fourth-order valence-corrected chi connectivity index (χ4v) is 4.22. The Balaban J connectivity index is 1.55. The summed E-state index contributed by atoms with van der Waals surface area (Å²) in [5.74, 6) is 1.58. The molecule has 2 fully saturated rings. The molecule has 112 valence electrons. The molecule has 0 aromatic carbocycles. The number of hydrogen-bond donors (Lipinski definition) is 0. The maximum atomic E-state index is 6.17. The standard InChI is InChI=1S/C14H16BrClN4O/c15-12-11-13(16)17-1-2-20(11)14(18-12)9-7-10(8-9)19-3-5-21-6-4-19/h1-2,9-10H,3-8H2. The number of imidazole rings is 1. The minimum Gasteiger partial charge on any atom is -0.379 e. The van der Waals surface area contributed by atoms with Crippen LogP contribution in [0, 0.1) is 0 Å². The lowest BCUT2D eigenvalue weighted by Crippen LogP contribution is -2.49. The first kappa shape index (κ1) is 13.9. The van der Waals surface area contributed by atoms with Gasteiger partial charge in [-0.2, -0.15) is 0 Å². The van der Waals surface area contributed by atoms with Crippen molar-refractivity contribution in [2.75, 3.05) is 26.3 Å². The zero-order valence-electron chi connectivity index (χ0n) is 11.5. The van der Waals surface area contributed by atoms with E-state index in [2.05, 4.69) is 35.2 Å². The normalized spacial score (nSPS) is 27.0. The van der Waals surface area contributed by atoms with Gasteiger partial charge in [-0.25, -0.2) is 9.97 Å². The largest absolute Gasteiger partial charge is 0.379 e. The fraction of sp³-hybridized carbons (Fsp3) is 0.571. The van der Waals surface area contributed by atoms with Crippen LogP contribution in [0.2, 0.25) is 5.15 Å². The number of aromatic nitrogens is 3. The molecule has 2 aromatic rings. The van der Waals surface area contributed by atoms with Crippen LogP contribution in [0.15, 0.2) is 17.0 Å². The smallest absolute Gasteiger partial charge is 0.155 e. The highest BCUT2D eigenvalue weighted by Gasteiger charge is 2.37. The molecular formula is C14H16BrClN4O. The van der Waals surface area contributed by atoms with E-state index in [4.69, 9.17) is 16.3 Å². The molecule has 0 atom stereocenters. The van der Waals surface area contributed by atoms with Crippen LogP contribution in [0.25, 0.3) is 5.52 Å². The van der Waals surface area contributed by atoms with E-state index >= 15 is 0 Å². The Hall–Kier alpha value is -0.690. The molecule has 1 saturated heterocycles. The van der Waals surface area contributed by atoms with Crippen molar-refractivity contribution >= 4 is 33.0 Å². The van der Waals surface area contributed by atoms with Gasteiger partial charge in [0.2, 0.25) is 0 Å². The molecule has 3 heterocycles. The third kappa shape index (κ3) is 2.38. The molecule has 21 heavy (non-hydrogen) atoms. The van der Waals surface area contributed by atoms with E-state index in [0.29, 0.717) is 17.1 Å². The van der Waals surface area contributed by atoms with Gasteiger partial charge in [0.05, 0.1) is 13.2 Å². The molecule has 1 aliphatic heterocycles. The highest BCUT2D eigenvalue weighted by atomic mass is 79.9. The number of rotatable bonds is 2. The Labute approximate surface area is 136 Å². The van der Waals surface area contributed by atoms with Crippen molar-refractivity contribution in [3.8, 4) is 0 Å². The van der Waals surface area contributed by atoms with Gasteiger partial charge in [0.15, 0.2) is 5.15 Å². The van der Waals surface area contributed by atoms with Gasteiger partial charge in [-0.15, -0.1) is 0 Å². The van der Waals surface area contributed by atoms with Gasteiger partial charge in [0.25, 0.3) is 0 Å². The minimum absolute atomic E-state index is 0.493. The molecule has 0 spiro atoms. The predicted molar refractivity (Wildman–Crippen MR) is 83.9 cm³/mol. The van der Waals surface area contributed by atoms with Gasteiger partial charge in [0, 0.05) is 37.4 Å². The maximum absolute atomic E-state index is 6.17. The maximum Gasteiger partial charge on any atom is 0.155 e. The van der Waals surface area contributed by atoms with Crippen molar-refractivity contribution in [2.45, 2.75) is 24.8 Å². The zero-order chi connectivity index (χ0) is 14.4. The van der Waals surface area contributed by atoms with Crippen molar-refractivity contribution in [3.63, 3.8) is 0 Å². The monoisotopic (exact) mass is 370 g/mol.